The Labute approximate surface area is 125 Å². The van der Waals surface area contributed by atoms with Gasteiger partial charge < -0.3 is 11.1 Å². The maximum Gasteiger partial charge on any atom is 0.252 e. The minimum atomic E-state index is -0.170. The summed E-state index contributed by atoms with van der Waals surface area (Å²) in [7, 11) is 0. The molecular formula is C13H16N4OS2. The van der Waals surface area contributed by atoms with Crippen molar-refractivity contribution in [2.24, 2.45) is 0 Å². The molecule has 0 fully saturated rings. The minimum absolute atomic E-state index is 0.0225. The number of amides is 1. The van der Waals surface area contributed by atoms with Crippen LogP contribution in [-0.2, 0) is 12.8 Å². The van der Waals surface area contributed by atoms with Gasteiger partial charge in [0.2, 0.25) is 5.13 Å². The minimum Gasteiger partial charge on any atom is -0.374 e. The van der Waals surface area contributed by atoms with E-state index in [1.807, 2.05) is 12.3 Å². The highest BCUT2D eigenvalue weighted by molar-refractivity contribution is 7.15. The maximum atomic E-state index is 12.4. The maximum absolute atomic E-state index is 12.4. The molecule has 20 heavy (non-hydrogen) atoms. The van der Waals surface area contributed by atoms with E-state index in [9.17, 15) is 4.79 Å². The molecule has 0 bridgehead atoms. The molecule has 1 aliphatic carbocycles. The van der Waals surface area contributed by atoms with E-state index in [0.717, 1.165) is 23.4 Å². The first-order chi connectivity index (χ1) is 9.65. The summed E-state index contributed by atoms with van der Waals surface area (Å²) in [6, 6.07) is -0.170. The molecule has 1 aliphatic rings. The summed E-state index contributed by atoms with van der Waals surface area (Å²) in [5.41, 5.74) is 7.63. The van der Waals surface area contributed by atoms with Crippen LogP contribution in [0, 0.1) is 0 Å². The van der Waals surface area contributed by atoms with Crippen molar-refractivity contribution in [1.29, 1.82) is 0 Å². The number of carbonyl (C=O) groups is 1. The molecule has 0 spiro atoms. The van der Waals surface area contributed by atoms with Crippen LogP contribution in [0.3, 0.4) is 0 Å². The molecule has 0 aromatic carbocycles. The Bertz CT molecular complexity index is 634. The number of hydrogen-bond acceptors (Lipinski definition) is 6. The number of fused-ring (bicyclic) bond motifs is 1. The molecule has 2 aromatic heterocycles. The zero-order chi connectivity index (χ0) is 14.1. The number of nitrogen functional groups attached to an aromatic ring is 1. The lowest BCUT2D eigenvalue weighted by Crippen LogP contribution is -2.27. The Morgan fingerprint density at radius 1 is 1.40 bits per heavy atom. The lowest BCUT2D eigenvalue weighted by molar-refractivity contribution is 0.0939. The van der Waals surface area contributed by atoms with Crippen LogP contribution in [0.5, 0.6) is 0 Å². The molecule has 2 aromatic rings. The van der Waals surface area contributed by atoms with Crippen molar-refractivity contribution in [3.8, 4) is 0 Å². The first-order valence-electron chi connectivity index (χ1n) is 6.64. The second-order valence-electron chi connectivity index (χ2n) is 4.93. The SMILES string of the molecule is CC(NC(=O)c1csc2c1CCCC2)c1nnc(N)s1. The van der Waals surface area contributed by atoms with E-state index in [1.54, 1.807) is 11.3 Å². The predicted octanol–water partition coefficient (Wildman–Crippen LogP) is 2.55. The average Bonchev–Trinajstić information content (AvgIpc) is 3.04. The molecule has 2 heterocycles. The molecular weight excluding hydrogens is 292 g/mol. The van der Waals surface area contributed by atoms with Gasteiger partial charge in [-0.1, -0.05) is 11.3 Å². The number of carbonyl (C=O) groups excluding carboxylic acids is 1. The molecule has 0 aliphatic heterocycles. The number of aromatic nitrogens is 2. The highest BCUT2D eigenvalue weighted by Gasteiger charge is 2.22. The second kappa shape index (κ2) is 5.49. The van der Waals surface area contributed by atoms with E-state index in [1.165, 1.54) is 34.6 Å². The summed E-state index contributed by atoms with van der Waals surface area (Å²) in [4.78, 5) is 13.8. The number of rotatable bonds is 3. The molecule has 1 amide bonds. The quantitative estimate of drug-likeness (QED) is 0.913. The predicted molar refractivity (Wildman–Crippen MR) is 81.2 cm³/mol. The normalized spacial score (nSPS) is 15.7. The number of thiophene rings is 1. The van der Waals surface area contributed by atoms with Crippen LogP contribution >= 0.6 is 22.7 Å². The number of hydrogen-bond donors (Lipinski definition) is 2. The molecule has 0 saturated heterocycles. The zero-order valence-electron chi connectivity index (χ0n) is 11.2. The van der Waals surface area contributed by atoms with Crippen LogP contribution in [0.15, 0.2) is 5.38 Å². The standard InChI is InChI=1S/C13H16N4OS2/c1-7(12-16-17-13(14)20-12)15-11(18)9-6-19-10-5-3-2-4-8(9)10/h6-7H,2-5H2,1H3,(H2,14,17)(H,15,18). The van der Waals surface area contributed by atoms with Gasteiger partial charge in [0.1, 0.15) is 5.01 Å². The topological polar surface area (TPSA) is 80.9 Å². The fourth-order valence-electron chi connectivity index (χ4n) is 2.44. The van der Waals surface area contributed by atoms with E-state index in [4.69, 9.17) is 5.73 Å². The van der Waals surface area contributed by atoms with Gasteiger partial charge in [-0.15, -0.1) is 21.5 Å². The zero-order valence-corrected chi connectivity index (χ0v) is 12.8. The summed E-state index contributed by atoms with van der Waals surface area (Å²) in [5.74, 6) is -0.0225. The second-order valence-corrected chi connectivity index (χ2v) is 6.94. The van der Waals surface area contributed by atoms with Crippen molar-refractivity contribution in [2.75, 3.05) is 5.73 Å². The highest BCUT2D eigenvalue weighted by Crippen LogP contribution is 2.30. The van der Waals surface area contributed by atoms with Crippen LogP contribution in [0.25, 0.3) is 0 Å². The lowest BCUT2D eigenvalue weighted by Gasteiger charge is -2.14. The molecule has 1 atom stereocenters. The third-order valence-corrected chi connectivity index (χ3v) is 5.50. The number of nitrogens with one attached hydrogen (secondary N) is 1. The first kappa shape index (κ1) is 13.5. The van der Waals surface area contributed by atoms with Crippen molar-refractivity contribution in [2.45, 2.75) is 38.6 Å². The Hall–Kier alpha value is -1.47. The van der Waals surface area contributed by atoms with Crippen molar-refractivity contribution in [3.05, 3.63) is 26.4 Å². The van der Waals surface area contributed by atoms with Crippen LogP contribution in [0.4, 0.5) is 5.13 Å². The van der Waals surface area contributed by atoms with E-state index in [2.05, 4.69) is 15.5 Å². The molecule has 0 saturated carbocycles. The fourth-order valence-corrected chi connectivity index (χ4v) is 4.18. The van der Waals surface area contributed by atoms with Gasteiger partial charge in [-0.2, -0.15) is 0 Å². The Balaban J connectivity index is 1.75. The number of nitrogens with two attached hydrogens (primary N) is 1. The van der Waals surface area contributed by atoms with E-state index >= 15 is 0 Å². The van der Waals surface area contributed by atoms with Gasteiger partial charge in [0.15, 0.2) is 0 Å². The smallest absolute Gasteiger partial charge is 0.252 e. The Morgan fingerprint density at radius 3 is 2.95 bits per heavy atom. The van der Waals surface area contributed by atoms with Crippen LogP contribution in [0.2, 0.25) is 0 Å². The number of aryl methyl sites for hydroxylation is 1. The van der Waals surface area contributed by atoms with Crippen molar-refractivity contribution in [1.82, 2.24) is 15.5 Å². The summed E-state index contributed by atoms with van der Waals surface area (Å²) in [6.07, 6.45) is 4.53. The summed E-state index contributed by atoms with van der Waals surface area (Å²) in [6.45, 7) is 1.90. The van der Waals surface area contributed by atoms with E-state index in [0.29, 0.717) is 5.13 Å². The highest BCUT2D eigenvalue weighted by atomic mass is 32.1. The van der Waals surface area contributed by atoms with Gasteiger partial charge in [0.25, 0.3) is 5.91 Å². The largest absolute Gasteiger partial charge is 0.374 e. The molecule has 3 rings (SSSR count). The number of anilines is 1. The summed E-state index contributed by atoms with van der Waals surface area (Å²) < 4.78 is 0. The number of nitrogens with zero attached hydrogens (tertiary/aromatic N) is 2. The van der Waals surface area contributed by atoms with Gasteiger partial charge in [-0.3, -0.25) is 4.79 Å². The Kier molecular flexibility index (Phi) is 3.71. The molecule has 0 radical (unpaired) electrons. The molecule has 3 N–H and O–H groups in total. The van der Waals surface area contributed by atoms with Gasteiger partial charge in [0, 0.05) is 10.3 Å². The summed E-state index contributed by atoms with van der Waals surface area (Å²) in [5, 5.41) is 13.9. The van der Waals surface area contributed by atoms with Gasteiger partial charge in [-0.05, 0) is 38.2 Å². The van der Waals surface area contributed by atoms with Gasteiger partial charge in [0.05, 0.1) is 11.6 Å². The lowest BCUT2D eigenvalue weighted by atomic mass is 9.95. The van der Waals surface area contributed by atoms with Crippen molar-refractivity contribution < 1.29 is 4.79 Å². The van der Waals surface area contributed by atoms with E-state index < -0.39 is 0 Å². The third kappa shape index (κ3) is 2.55. The van der Waals surface area contributed by atoms with Crippen LogP contribution in [-0.4, -0.2) is 16.1 Å². The van der Waals surface area contributed by atoms with Crippen molar-refractivity contribution in [3.63, 3.8) is 0 Å². The molecule has 7 heteroatoms. The first-order valence-corrected chi connectivity index (χ1v) is 8.33. The molecule has 5 nitrogen and oxygen atoms in total. The van der Waals surface area contributed by atoms with Crippen LogP contribution < -0.4 is 11.1 Å². The third-order valence-electron chi connectivity index (χ3n) is 3.48. The molecule has 1 unspecified atom stereocenters. The average molecular weight is 308 g/mol. The van der Waals surface area contributed by atoms with Gasteiger partial charge >= 0.3 is 0 Å². The van der Waals surface area contributed by atoms with E-state index in [-0.39, 0.29) is 11.9 Å². The van der Waals surface area contributed by atoms with Crippen molar-refractivity contribution >= 4 is 33.7 Å². The summed E-state index contributed by atoms with van der Waals surface area (Å²) >= 11 is 3.01. The monoisotopic (exact) mass is 308 g/mol. The molecule has 106 valence electrons. The fraction of sp³-hybridized carbons (Fsp3) is 0.462. The van der Waals surface area contributed by atoms with Gasteiger partial charge in [-0.25, -0.2) is 0 Å². The van der Waals surface area contributed by atoms with Crippen LogP contribution in [0.1, 0.15) is 51.6 Å². The Morgan fingerprint density at radius 2 is 2.20 bits per heavy atom.